The van der Waals surface area contributed by atoms with E-state index in [9.17, 15) is 19.2 Å². The van der Waals surface area contributed by atoms with E-state index < -0.39 is 5.97 Å². The minimum atomic E-state index is -0.682. The summed E-state index contributed by atoms with van der Waals surface area (Å²) < 4.78 is 21.1. The molecule has 49 heavy (non-hydrogen) atoms. The molecule has 0 aromatic carbocycles. The fourth-order valence-electron chi connectivity index (χ4n) is 5.06. The third-order valence-electron chi connectivity index (χ3n) is 7.79. The van der Waals surface area contributed by atoms with Crippen molar-refractivity contribution in [2.24, 2.45) is 0 Å². The Bertz CT molecular complexity index is 857. The van der Waals surface area contributed by atoms with Crippen molar-refractivity contribution < 1.29 is 43.2 Å². The Balaban J connectivity index is 3.45. The predicted octanol–water partition coefficient (Wildman–Crippen LogP) is 5.47. The van der Waals surface area contributed by atoms with E-state index in [1.165, 1.54) is 71.1 Å². The van der Waals surface area contributed by atoms with Crippen LogP contribution in [0.2, 0.25) is 0 Å². The molecule has 0 heterocycles. The van der Waals surface area contributed by atoms with Crippen LogP contribution in [-0.4, -0.2) is 101 Å². The highest BCUT2D eigenvalue weighted by molar-refractivity contribution is 5.77. The van der Waals surface area contributed by atoms with Gasteiger partial charge in [-0.05, 0) is 39.5 Å². The Labute approximate surface area is 296 Å². The summed E-state index contributed by atoms with van der Waals surface area (Å²) in [5.74, 6) is -0.960. The van der Waals surface area contributed by atoms with Gasteiger partial charge in [0.15, 0.2) is 5.78 Å². The lowest BCUT2D eigenvalue weighted by molar-refractivity contribution is -0.137. The van der Waals surface area contributed by atoms with Crippen molar-refractivity contribution in [3.05, 3.63) is 12.3 Å². The number of Topliss-reactive ketones (excluding diaryl/α,β-unsaturated/α-hetero) is 1. The first-order valence-electron chi connectivity index (χ1n) is 18.7. The number of rotatable bonds is 38. The maximum absolute atomic E-state index is 12.2. The third-order valence-corrected chi connectivity index (χ3v) is 7.79. The van der Waals surface area contributed by atoms with E-state index in [1.54, 1.807) is 0 Å². The second kappa shape index (κ2) is 35.3. The zero-order valence-electron chi connectivity index (χ0n) is 30.8. The molecule has 1 atom stereocenters. The van der Waals surface area contributed by atoms with Gasteiger partial charge in [0.1, 0.15) is 13.2 Å². The molecule has 0 radical (unpaired) electrons. The molecule has 4 N–H and O–H groups in total. The summed E-state index contributed by atoms with van der Waals surface area (Å²) in [6.07, 6.45) is 19.5. The first kappa shape index (κ1) is 46.5. The molecule has 0 fully saturated rings. The van der Waals surface area contributed by atoms with Gasteiger partial charge in [0, 0.05) is 37.7 Å². The minimum Gasteiger partial charge on any atom is -0.481 e. The second-order valence-electron chi connectivity index (χ2n) is 12.8. The third kappa shape index (κ3) is 38.1. The number of amides is 2. The average Bonchev–Trinajstić information content (AvgIpc) is 3.05. The molecule has 0 aromatic heterocycles. The number of allylic oxidation sites excluding steroid dienone is 1. The predicted molar refractivity (Wildman–Crippen MR) is 192 cm³/mol. The van der Waals surface area contributed by atoms with Gasteiger partial charge in [0.05, 0.1) is 39.6 Å². The van der Waals surface area contributed by atoms with Crippen molar-refractivity contribution in [2.45, 2.75) is 135 Å². The number of hydrogen-bond donors (Lipinski definition) is 4. The second-order valence-corrected chi connectivity index (χ2v) is 12.8. The number of carboxylic acids is 1. The molecular formula is C37H69N3O9. The fraction of sp³-hybridized carbons (Fsp3) is 0.838. The van der Waals surface area contributed by atoms with Crippen LogP contribution in [0.5, 0.6) is 0 Å². The Kier molecular flexibility index (Phi) is 33.5. The van der Waals surface area contributed by atoms with Crippen molar-refractivity contribution in [2.75, 3.05) is 65.9 Å². The molecule has 0 aromatic rings. The lowest BCUT2D eigenvalue weighted by atomic mass is 10.0. The molecule has 12 nitrogen and oxygen atoms in total. The Morgan fingerprint density at radius 2 is 1.00 bits per heavy atom. The van der Waals surface area contributed by atoms with Gasteiger partial charge >= 0.3 is 5.97 Å². The molecule has 0 bridgehead atoms. The highest BCUT2D eigenvalue weighted by Gasteiger charge is 2.08. The summed E-state index contributed by atoms with van der Waals surface area (Å²) in [4.78, 5) is 45.1. The molecule has 0 spiro atoms. The lowest BCUT2D eigenvalue weighted by Gasteiger charge is -2.17. The molecular weight excluding hydrogens is 630 g/mol. The van der Waals surface area contributed by atoms with Gasteiger partial charge in [-0.3, -0.25) is 19.2 Å². The zero-order valence-corrected chi connectivity index (χ0v) is 30.8. The highest BCUT2D eigenvalue weighted by atomic mass is 16.5. The maximum Gasteiger partial charge on any atom is 0.303 e. The standard InChI is InChI=1S/C37H69N3O9/c1-32(18-16-14-12-10-8-6-4-5-7-9-11-13-15-17-19-37(44)45)40-33(2)20-21-35(42)38-22-24-46-27-29-49-31-36(43)39-23-25-47-26-28-48-30-34(3)41/h33,40H,1,4-31H2,2-3H3,(H,38,42)(H,39,43)(H,44,45)/t33-/m1/s1. The Morgan fingerprint density at radius 3 is 1.49 bits per heavy atom. The smallest absolute Gasteiger partial charge is 0.303 e. The van der Waals surface area contributed by atoms with Gasteiger partial charge in [-0.25, -0.2) is 0 Å². The van der Waals surface area contributed by atoms with Gasteiger partial charge in [0.2, 0.25) is 11.8 Å². The molecule has 0 unspecified atom stereocenters. The van der Waals surface area contributed by atoms with Crippen LogP contribution in [-0.2, 0) is 38.1 Å². The van der Waals surface area contributed by atoms with Gasteiger partial charge in [-0.2, -0.15) is 0 Å². The van der Waals surface area contributed by atoms with E-state index >= 15 is 0 Å². The van der Waals surface area contributed by atoms with E-state index in [2.05, 4.69) is 29.5 Å². The van der Waals surface area contributed by atoms with Gasteiger partial charge < -0.3 is 40.0 Å². The molecule has 12 heteroatoms. The topological polar surface area (TPSA) is 162 Å². The van der Waals surface area contributed by atoms with E-state index in [-0.39, 0.29) is 43.5 Å². The normalized spacial score (nSPS) is 11.6. The Hall–Kier alpha value is -2.54. The number of carbonyl (C=O) groups excluding carboxylic acids is 3. The molecule has 286 valence electrons. The summed E-state index contributed by atoms with van der Waals surface area (Å²) in [6.45, 7) is 10.5. The quantitative estimate of drug-likeness (QED) is 0.0608. The van der Waals surface area contributed by atoms with Crippen LogP contribution in [0.3, 0.4) is 0 Å². The van der Waals surface area contributed by atoms with Crippen LogP contribution < -0.4 is 16.0 Å². The SMILES string of the molecule is C=C(CCCCCCCCCCCCCCCCC(=O)O)N[C@H](C)CCC(=O)NCCOCCOCC(=O)NCCOCCOCC(C)=O. The van der Waals surface area contributed by atoms with Crippen molar-refractivity contribution in [1.82, 2.24) is 16.0 Å². The summed E-state index contributed by atoms with van der Waals surface area (Å²) in [5, 5.41) is 17.6. The summed E-state index contributed by atoms with van der Waals surface area (Å²) in [7, 11) is 0. The van der Waals surface area contributed by atoms with E-state index in [4.69, 9.17) is 24.1 Å². The summed E-state index contributed by atoms with van der Waals surface area (Å²) in [5.41, 5.74) is 1.04. The van der Waals surface area contributed by atoms with E-state index in [0.717, 1.165) is 44.2 Å². The Morgan fingerprint density at radius 1 is 0.571 bits per heavy atom. The van der Waals surface area contributed by atoms with Crippen LogP contribution in [0.15, 0.2) is 12.3 Å². The van der Waals surface area contributed by atoms with Crippen LogP contribution in [0.1, 0.15) is 129 Å². The van der Waals surface area contributed by atoms with Crippen LogP contribution >= 0.6 is 0 Å². The van der Waals surface area contributed by atoms with E-state index in [0.29, 0.717) is 59.0 Å². The van der Waals surface area contributed by atoms with Crippen LogP contribution in [0.4, 0.5) is 0 Å². The molecule has 0 aliphatic carbocycles. The van der Waals surface area contributed by atoms with E-state index in [1.807, 2.05) is 0 Å². The maximum atomic E-state index is 12.2. The van der Waals surface area contributed by atoms with Crippen LogP contribution in [0, 0.1) is 0 Å². The van der Waals surface area contributed by atoms with Crippen molar-refractivity contribution in [3.8, 4) is 0 Å². The number of ether oxygens (including phenoxy) is 4. The first-order chi connectivity index (χ1) is 23.7. The first-order valence-corrected chi connectivity index (χ1v) is 18.7. The molecule has 2 amide bonds. The number of nitrogens with one attached hydrogen (secondary N) is 3. The van der Waals surface area contributed by atoms with Gasteiger partial charge in [0.25, 0.3) is 0 Å². The van der Waals surface area contributed by atoms with Gasteiger partial charge in [-0.15, -0.1) is 0 Å². The van der Waals surface area contributed by atoms with Crippen molar-refractivity contribution >= 4 is 23.6 Å². The number of hydrogen-bond acceptors (Lipinski definition) is 9. The molecule has 0 saturated heterocycles. The monoisotopic (exact) mass is 700 g/mol. The molecule has 0 aliphatic rings. The number of unbranched alkanes of at least 4 members (excludes halogenated alkanes) is 13. The minimum absolute atomic E-state index is 0.00619. The largest absolute Gasteiger partial charge is 0.481 e. The molecule has 0 rings (SSSR count). The summed E-state index contributed by atoms with van der Waals surface area (Å²) >= 11 is 0. The van der Waals surface area contributed by atoms with Crippen molar-refractivity contribution in [3.63, 3.8) is 0 Å². The number of carbonyl (C=O) groups is 4. The number of ketones is 1. The molecule has 0 saturated carbocycles. The molecule has 0 aliphatic heterocycles. The van der Waals surface area contributed by atoms with Crippen LogP contribution in [0.25, 0.3) is 0 Å². The van der Waals surface area contributed by atoms with Crippen molar-refractivity contribution in [1.29, 1.82) is 0 Å². The lowest BCUT2D eigenvalue weighted by Crippen LogP contribution is -2.32. The average molecular weight is 700 g/mol. The highest BCUT2D eigenvalue weighted by Crippen LogP contribution is 2.14. The fourth-order valence-corrected chi connectivity index (χ4v) is 5.06. The number of carboxylic acid groups (broad SMARTS) is 1. The summed E-state index contributed by atoms with van der Waals surface area (Å²) in [6, 6.07) is 0.187. The number of aliphatic carboxylic acids is 1. The zero-order chi connectivity index (χ0) is 36.2. The van der Waals surface area contributed by atoms with Gasteiger partial charge in [-0.1, -0.05) is 83.6 Å².